The summed E-state index contributed by atoms with van der Waals surface area (Å²) in [6.07, 6.45) is 2.79. The lowest BCUT2D eigenvalue weighted by Gasteiger charge is -2.37. The number of piperazine rings is 1. The molecule has 8 nitrogen and oxygen atoms in total. The van der Waals surface area contributed by atoms with Crippen molar-refractivity contribution in [1.82, 2.24) is 20.5 Å². The first-order chi connectivity index (χ1) is 13.5. The van der Waals surface area contributed by atoms with Gasteiger partial charge in [0.25, 0.3) is 0 Å². The third-order valence-electron chi connectivity index (χ3n) is 4.77. The van der Waals surface area contributed by atoms with Crippen molar-refractivity contribution in [3.05, 3.63) is 36.5 Å². The molecule has 2 rings (SSSR count). The molecule has 28 heavy (non-hydrogen) atoms. The fourth-order valence-electron chi connectivity index (χ4n) is 3.29. The highest BCUT2D eigenvalue weighted by Gasteiger charge is 2.28. The second-order valence-electron chi connectivity index (χ2n) is 6.94. The molecule has 1 aliphatic rings. The van der Waals surface area contributed by atoms with Gasteiger partial charge in [0.2, 0.25) is 5.91 Å². The maximum atomic E-state index is 12.8. The Kier molecular flexibility index (Phi) is 8.74. The molecule has 0 unspecified atom stereocenters. The SMILES string of the molecule is C=CCNCCCC[C@H](NC(=O)O)C(=O)N1CCN(c2cccc(C)n2)CC1. The predicted molar refractivity (Wildman–Crippen MR) is 110 cm³/mol. The van der Waals surface area contributed by atoms with Crippen LogP contribution in [0.1, 0.15) is 25.0 Å². The Balaban J connectivity index is 1.84. The van der Waals surface area contributed by atoms with Gasteiger partial charge in [-0.05, 0) is 44.9 Å². The number of carbonyl (C=O) groups is 2. The number of anilines is 1. The number of rotatable bonds is 10. The van der Waals surface area contributed by atoms with Crippen LogP contribution in [0, 0.1) is 6.92 Å². The Hall–Kier alpha value is -2.61. The van der Waals surface area contributed by atoms with E-state index >= 15 is 0 Å². The van der Waals surface area contributed by atoms with Gasteiger partial charge in [-0.2, -0.15) is 0 Å². The van der Waals surface area contributed by atoms with Crippen molar-refractivity contribution in [3.63, 3.8) is 0 Å². The zero-order valence-corrected chi connectivity index (χ0v) is 16.6. The van der Waals surface area contributed by atoms with Crippen LogP contribution in [0.25, 0.3) is 0 Å². The number of carboxylic acid groups (broad SMARTS) is 1. The predicted octanol–water partition coefficient (Wildman–Crippen LogP) is 1.62. The molecular formula is C20H31N5O3. The molecule has 1 aliphatic heterocycles. The van der Waals surface area contributed by atoms with E-state index in [2.05, 4.69) is 27.1 Å². The third-order valence-corrected chi connectivity index (χ3v) is 4.77. The maximum absolute atomic E-state index is 12.8. The number of pyridine rings is 1. The van der Waals surface area contributed by atoms with E-state index in [9.17, 15) is 9.59 Å². The number of unbranched alkanes of at least 4 members (excludes halogenated alkanes) is 1. The number of nitrogens with zero attached hydrogens (tertiary/aromatic N) is 3. The fraction of sp³-hybridized carbons (Fsp3) is 0.550. The summed E-state index contributed by atoms with van der Waals surface area (Å²) in [4.78, 5) is 32.4. The monoisotopic (exact) mass is 389 g/mol. The van der Waals surface area contributed by atoms with E-state index in [1.807, 2.05) is 25.1 Å². The molecule has 0 saturated carbocycles. The molecule has 2 heterocycles. The Morgan fingerprint density at radius 2 is 2.04 bits per heavy atom. The highest BCUT2D eigenvalue weighted by Crippen LogP contribution is 2.15. The van der Waals surface area contributed by atoms with Gasteiger partial charge in [-0.15, -0.1) is 6.58 Å². The van der Waals surface area contributed by atoms with Crippen molar-refractivity contribution in [1.29, 1.82) is 0 Å². The molecule has 1 aromatic heterocycles. The molecule has 1 fully saturated rings. The van der Waals surface area contributed by atoms with E-state index in [0.717, 1.165) is 37.4 Å². The van der Waals surface area contributed by atoms with E-state index < -0.39 is 12.1 Å². The lowest BCUT2D eigenvalue weighted by Crippen LogP contribution is -2.55. The zero-order valence-electron chi connectivity index (χ0n) is 16.6. The molecular weight excluding hydrogens is 358 g/mol. The molecule has 3 N–H and O–H groups in total. The van der Waals surface area contributed by atoms with Crippen molar-refractivity contribution < 1.29 is 14.7 Å². The van der Waals surface area contributed by atoms with Crippen LogP contribution in [0.2, 0.25) is 0 Å². The molecule has 0 spiro atoms. The number of nitrogens with one attached hydrogen (secondary N) is 2. The van der Waals surface area contributed by atoms with E-state index in [-0.39, 0.29) is 5.91 Å². The highest BCUT2D eigenvalue weighted by atomic mass is 16.4. The van der Waals surface area contributed by atoms with E-state index in [0.29, 0.717) is 32.6 Å². The van der Waals surface area contributed by atoms with Gasteiger partial charge in [0.15, 0.2) is 0 Å². The van der Waals surface area contributed by atoms with Crippen LogP contribution in [-0.2, 0) is 4.79 Å². The first-order valence-electron chi connectivity index (χ1n) is 9.79. The zero-order chi connectivity index (χ0) is 20.4. The summed E-state index contributed by atoms with van der Waals surface area (Å²) in [6, 6.07) is 5.21. The third kappa shape index (κ3) is 6.84. The molecule has 1 atom stereocenters. The van der Waals surface area contributed by atoms with Gasteiger partial charge in [-0.25, -0.2) is 9.78 Å². The van der Waals surface area contributed by atoms with Gasteiger partial charge >= 0.3 is 6.09 Å². The minimum atomic E-state index is -1.16. The number of aryl methyl sites for hydroxylation is 1. The van der Waals surface area contributed by atoms with Crippen LogP contribution < -0.4 is 15.5 Å². The summed E-state index contributed by atoms with van der Waals surface area (Å²) in [5.41, 5.74) is 0.962. The van der Waals surface area contributed by atoms with Crippen molar-refractivity contribution in [2.24, 2.45) is 0 Å². The van der Waals surface area contributed by atoms with Gasteiger partial charge in [0, 0.05) is 38.4 Å². The lowest BCUT2D eigenvalue weighted by molar-refractivity contribution is -0.133. The smallest absolute Gasteiger partial charge is 0.405 e. The summed E-state index contributed by atoms with van der Waals surface area (Å²) in [5, 5.41) is 14.7. The second kappa shape index (κ2) is 11.3. The Labute approximate surface area is 166 Å². The van der Waals surface area contributed by atoms with Gasteiger partial charge in [-0.1, -0.05) is 12.1 Å². The van der Waals surface area contributed by atoms with E-state index in [1.54, 1.807) is 11.0 Å². The Bertz CT molecular complexity index is 659. The topological polar surface area (TPSA) is 97.8 Å². The van der Waals surface area contributed by atoms with Crippen LogP contribution in [-0.4, -0.2) is 72.3 Å². The van der Waals surface area contributed by atoms with E-state index in [1.165, 1.54) is 0 Å². The van der Waals surface area contributed by atoms with Crippen molar-refractivity contribution >= 4 is 17.8 Å². The summed E-state index contributed by atoms with van der Waals surface area (Å²) < 4.78 is 0. The standard InChI is InChI=1S/C20H31N5O3/c1-3-10-21-11-5-4-8-17(23-20(27)28)19(26)25-14-12-24(13-15-25)18-9-6-7-16(2)22-18/h3,6-7,9,17,21,23H,1,4-5,8,10-15H2,2H3,(H,27,28)/t17-/m0/s1. The van der Waals surface area contributed by atoms with Crippen LogP contribution >= 0.6 is 0 Å². The Morgan fingerprint density at radius 3 is 2.68 bits per heavy atom. The van der Waals surface area contributed by atoms with E-state index in [4.69, 9.17) is 5.11 Å². The first kappa shape index (κ1) is 21.7. The number of amides is 2. The summed E-state index contributed by atoms with van der Waals surface area (Å²) in [5.74, 6) is 0.776. The number of aromatic nitrogens is 1. The van der Waals surface area contributed by atoms with Gasteiger partial charge in [0.1, 0.15) is 11.9 Å². The fourth-order valence-corrected chi connectivity index (χ4v) is 3.29. The molecule has 1 aromatic rings. The minimum absolute atomic E-state index is 0.140. The van der Waals surface area contributed by atoms with Gasteiger partial charge < -0.3 is 25.5 Å². The van der Waals surface area contributed by atoms with Crippen molar-refractivity contribution in [2.45, 2.75) is 32.2 Å². The highest BCUT2D eigenvalue weighted by molar-refractivity contribution is 5.85. The summed E-state index contributed by atoms with van der Waals surface area (Å²) in [6.45, 7) is 9.67. The molecule has 0 aliphatic carbocycles. The van der Waals surface area contributed by atoms with Crippen molar-refractivity contribution in [3.8, 4) is 0 Å². The van der Waals surface area contributed by atoms with Crippen LogP contribution in [0.4, 0.5) is 10.6 Å². The normalized spacial score (nSPS) is 15.2. The summed E-state index contributed by atoms with van der Waals surface area (Å²) >= 11 is 0. The van der Waals surface area contributed by atoms with Crippen LogP contribution in [0.5, 0.6) is 0 Å². The van der Waals surface area contributed by atoms with Crippen molar-refractivity contribution in [2.75, 3.05) is 44.2 Å². The van der Waals surface area contributed by atoms with Gasteiger partial charge in [-0.3, -0.25) is 4.79 Å². The maximum Gasteiger partial charge on any atom is 0.405 e. The number of hydrogen-bond acceptors (Lipinski definition) is 5. The minimum Gasteiger partial charge on any atom is -0.465 e. The molecule has 2 amide bonds. The largest absolute Gasteiger partial charge is 0.465 e. The average Bonchev–Trinajstić information content (AvgIpc) is 2.69. The molecule has 154 valence electrons. The Morgan fingerprint density at radius 1 is 1.29 bits per heavy atom. The number of carbonyl (C=O) groups excluding carboxylic acids is 1. The lowest BCUT2D eigenvalue weighted by atomic mass is 10.1. The second-order valence-corrected chi connectivity index (χ2v) is 6.94. The molecule has 0 aromatic carbocycles. The molecule has 1 saturated heterocycles. The van der Waals surface area contributed by atoms with Crippen LogP contribution in [0.3, 0.4) is 0 Å². The quantitative estimate of drug-likeness (QED) is 0.416. The molecule has 8 heteroatoms. The average molecular weight is 390 g/mol. The first-order valence-corrected chi connectivity index (χ1v) is 9.79. The van der Waals surface area contributed by atoms with Gasteiger partial charge in [0.05, 0.1) is 0 Å². The summed E-state index contributed by atoms with van der Waals surface area (Å²) in [7, 11) is 0. The molecule has 0 bridgehead atoms. The molecule has 0 radical (unpaired) electrons. The number of hydrogen-bond donors (Lipinski definition) is 3. The van der Waals surface area contributed by atoms with Crippen LogP contribution in [0.15, 0.2) is 30.9 Å².